The number of hydrogen-bond donors (Lipinski definition) is 2. The first-order valence-electron chi connectivity index (χ1n) is 8.64. The molecule has 0 saturated carbocycles. The summed E-state index contributed by atoms with van der Waals surface area (Å²) in [5.74, 6) is 0.416. The van der Waals surface area contributed by atoms with Crippen LogP contribution >= 0.6 is 0 Å². The summed E-state index contributed by atoms with van der Waals surface area (Å²) in [4.78, 5) is 20.2. The van der Waals surface area contributed by atoms with Crippen LogP contribution in [0.25, 0.3) is 11.0 Å². The fraction of sp³-hybridized carbons (Fsp3) is 0.0909. The lowest BCUT2D eigenvalue weighted by molar-refractivity contribution is -0.116. The van der Waals surface area contributed by atoms with Crippen LogP contribution in [0, 0.1) is 0 Å². The van der Waals surface area contributed by atoms with E-state index in [9.17, 15) is 4.79 Å². The van der Waals surface area contributed by atoms with Crippen molar-refractivity contribution in [2.24, 2.45) is 0 Å². The number of rotatable bonds is 5. The fourth-order valence-electron chi connectivity index (χ4n) is 3.18. The highest BCUT2D eigenvalue weighted by Crippen LogP contribution is 2.28. The summed E-state index contributed by atoms with van der Waals surface area (Å²) in [6, 6.07) is 27.9. The summed E-state index contributed by atoms with van der Waals surface area (Å²) >= 11 is 0. The summed E-state index contributed by atoms with van der Waals surface area (Å²) in [6.45, 7) is 0. The molecule has 3 aromatic carbocycles. The zero-order valence-electron chi connectivity index (χ0n) is 14.2. The zero-order valence-corrected chi connectivity index (χ0v) is 14.2. The van der Waals surface area contributed by atoms with Crippen LogP contribution in [0.2, 0.25) is 0 Å². The van der Waals surface area contributed by atoms with Gasteiger partial charge in [-0.25, -0.2) is 4.98 Å². The van der Waals surface area contributed by atoms with E-state index in [-0.39, 0.29) is 11.8 Å². The number of nitrogens with zero attached hydrogens (tertiary/aromatic N) is 1. The molecule has 0 bridgehead atoms. The first-order chi connectivity index (χ1) is 12.8. The maximum atomic E-state index is 12.7. The van der Waals surface area contributed by atoms with E-state index in [1.807, 2.05) is 60.7 Å². The van der Waals surface area contributed by atoms with Gasteiger partial charge in [-0.05, 0) is 23.3 Å². The largest absolute Gasteiger partial charge is 0.324 e. The first-order valence-corrected chi connectivity index (χ1v) is 8.64. The molecule has 1 amide bonds. The third kappa shape index (κ3) is 3.49. The van der Waals surface area contributed by atoms with E-state index >= 15 is 0 Å². The topological polar surface area (TPSA) is 57.8 Å². The highest BCUT2D eigenvalue weighted by Gasteiger charge is 2.18. The Balaban J connectivity index is 1.56. The molecular weight excluding hydrogens is 322 g/mol. The molecule has 26 heavy (non-hydrogen) atoms. The average Bonchev–Trinajstić information content (AvgIpc) is 3.09. The summed E-state index contributed by atoms with van der Waals surface area (Å²) in [5.41, 5.74) is 3.99. The average molecular weight is 341 g/mol. The van der Waals surface area contributed by atoms with Gasteiger partial charge in [0.05, 0.1) is 11.0 Å². The lowest BCUT2D eigenvalue weighted by Gasteiger charge is -2.17. The summed E-state index contributed by atoms with van der Waals surface area (Å²) in [6.07, 6.45) is 0.352. The number of nitrogens with one attached hydrogen (secondary N) is 2. The summed E-state index contributed by atoms with van der Waals surface area (Å²) in [5, 5.41) is 2.90. The second kappa shape index (κ2) is 7.23. The number of amides is 1. The van der Waals surface area contributed by atoms with E-state index in [1.165, 1.54) is 0 Å². The number of benzene rings is 3. The Labute approximate surface area is 151 Å². The molecular formula is C22H19N3O. The third-order valence-corrected chi connectivity index (χ3v) is 4.44. The van der Waals surface area contributed by atoms with Crippen molar-refractivity contribution in [1.82, 2.24) is 9.97 Å². The Hall–Kier alpha value is -3.40. The minimum absolute atomic E-state index is 0.00165. The van der Waals surface area contributed by atoms with Crippen LogP contribution in [-0.2, 0) is 4.79 Å². The van der Waals surface area contributed by atoms with Crippen molar-refractivity contribution in [3.05, 3.63) is 96.1 Å². The summed E-state index contributed by atoms with van der Waals surface area (Å²) in [7, 11) is 0. The van der Waals surface area contributed by atoms with E-state index in [0.29, 0.717) is 12.4 Å². The number of aromatic amines is 1. The predicted octanol–water partition coefficient (Wildman–Crippen LogP) is 4.72. The molecule has 1 aromatic heterocycles. The number of carbonyl (C=O) groups is 1. The minimum atomic E-state index is -0.0678. The van der Waals surface area contributed by atoms with Gasteiger partial charge in [0, 0.05) is 12.3 Å². The van der Waals surface area contributed by atoms with Crippen LogP contribution in [0.15, 0.2) is 84.9 Å². The highest BCUT2D eigenvalue weighted by atomic mass is 16.1. The van der Waals surface area contributed by atoms with Crippen molar-refractivity contribution in [1.29, 1.82) is 0 Å². The number of fused-ring (bicyclic) bond motifs is 1. The Morgan fingerprint density at radius 1 is 0.846 bits per heavy atom. The normalized spacial score (nSPS) is 11.0. The number of carbonyl (C=O) groups excluding carboxylic acids is 1. The van der Waals surface area contributed by atoms with Gasteiger partial charge in [0.15, 0.2) is 0 Å². The molecule has 0 fully saturated rings. The van der Waals surface area contributed by atoms with Crippen molar-refractivity contribution < 1.29 is 4.79 Å². The lowest BCUT2D eigenvalue weighted by Crippen LogP contribution is -2.17. The number of para-hydroxylation sites is 2. The van der Waals surface area contributed by atoms with Gasteiger partial charge in [-0.3, -0.25) is 10.1 Å². The second-order valence-corrected chi connectivity index (χ2v) is 6.23. The SMILES string of the molecule is O=C(CC(c1ccccc1)c1ccccc1)Nc1nc2ccccc2[nH]1. The molecule has 2 N–H and O–H groups in total. The molecule has 0 spiro atoms. The Bertz CT molecular complexity index is 937. The van der Waals surface area contributed by atoms with Gasteiger partial charge in [-0.15, -0.1) is 0 Å². The smallest absolute Gasteiger partial charge is 0.227 e. The molecule has 0 aliphatic rings. The van der Waals surface area contributed by atoms with Gasteiger partial charge in [0.2, 0.25) is 11.9 Å². The number of H-pyrrole nitrogens is 1. The number of aromatic nitrogens is 2. The Kier molecular flexibility index (Phi) is 4.48. The molecule has 0 unspecified atom stereocenters. The fourth-order valence-corrected chi connectivity index (χ4v) is 3.18. The first kappa shape index (κ1) is 16.1. The molecule has 4 heteroatoms. The van der Waals surface area contributed by atoms with Crippen LogP contribution in [-0.4, -0.2) is 15.9 Å². The van der Waals surface area contributed by atoms with Gasteiger partial charge in [0.25, 0.3) is 0 Å². The van der Waals surface area contributed by atoms with Gasteiger partial charge in [0.1, 0.15) is 0 Å². The Morgan fingerprint density at radius 3 is 2.04 bits per heavy atom. The van der Waals surface area contributed by atoms with Gasteiger partial charge in [-0.2, -0.15) is 0 Å². The van der Waals surface area contributed by atoms with Crippen LogP contribution < -0.4 is 5.32 Å². The van der Waals surface area contributed by atoms with Crippen molar-refractivity contribution in [2.45, 2.75) is 12.3 Å². The maximum Gasteiger partial charge on any atom is 0.227 e. The molecule has 128 valence electrons. The standard InChI is InChI=1S/C22H19N3O/c26-21(25-22-23-19-13-7-8-14-20(19)24-22)15-18(16-9-3-1-4-10-16)17-11-5-2-6-12-17/h1-14,18H,15H2,(H2,23,24,25,26). The number of hydrogen-bond acceptors (Lipinski definition) is 2. The van der Waals surface area contributed by atoms with Crippen LogP contribution in [0.5, 0.6) is 0 Å². The molecule has 4 rings (SSSR count). The van der Waals surface area contributed by atoms with Crippen LogP contribution in [0.4, 0.5) is 5.95 Å². The number of anilines is 1. The molecule has 4 aromatic rings. The van der Waals surface area contributed by atoms with E-state index in [4.69, 9.17) is 0 Å². The maximum absolute atomic E-state index is 12.7. The molecule has 0 saturated heterocycles. The monoisotopic (exact) mass is 341 g/mol. The van der Waals surface area contributed by atoms with Crippen molar-refractivity contribution in [2.75, 3.05) is 5.32 Å². The molecule has 0 atom stereocenters. The van der Waals surface area contributed by atoms with E-state index in [0.717, 1.165) is 22.2 Å². The lowest BCUT2D eigenvalue weighted by atomic mass is 9.88. The van der Waals surface area contributed by atoms with Gasteiger partial charge >= 0.3 is 0 Å². The molecule has 1 heterocycles. The third-order valence-electron chi connectivity index (χ3n) is 4.44. The van der Waals surface area contributed by atoms with Crippen LogP contribution in [0.1, 0.15) is 23.5 Å². The zero-order chi connectivity index (χ0) is 17.8. The second-order valence-electron chi connectivity index (χ2n) is 6.23. The molecule has 0 aliphatic heterocycles. The Morgan fingerprint density at radius 2 is 1.42 bits per heavy atom. The highest BCUT2D eigenvalue weighted by molar-refractivity contribution is 5.91. The minimum Gasteiger partial charge on any atom is -0.324 e. The van der Waals surface area contributed by atoms with Gasteiger partial charge < -0.3 is 4.98 Å². The van der Waals surface area contributed by atoms with E-state index in [1.54, 1.807) is 0 Å². The summed E-state index contributed by atoms with van der Waals surface area (Å²) < 4.78 is 0. The van der Waals surface area contributed by atoms with E-state index in [2.05, 4.69) is 39.6 Å². The van der Waals surface area contributed by atoms with Crippen molar-refractivity contribution in [3.8, 4) is 0 Å². The van der Waals surface area contributed by atoms with Crippen LogP contribution in [0.3, 0.4) is 0 Å². The van der Waals surface area contributed by atoms with Gasteiger partial charge in [-0.1, -0.05) is 72.8 Å². The molecule has 0 radical (unpaired) electrons. The predicted molar refractivity (Wildman–Crippen MR) is 104 cm³/mol. The quantitative estimate of drug-likeness (QED) is 0.552. The van der Waals surface area contributed by atoms with Crippen molar-refractivity contribution in [3.63, 3.8) is 0 Å². The number of imidazole rings is 1. The van der Waals surface area contributed by atoms with E-state index < -0.39 is 0 Å². The molecule has 0 aliphatic carbocycles. The molecule has 4 nitrogen and oxygen atoms in total. The van der Waals surface area contributed by atoms with Crippen molar-refractivity contribution >= 4 is 22.9 Å².